The molecule has 1 aliphatic rings. The van der Waals surface area contributed by atoms with Gasteiger partial charge in [-0.25, -0.2) is 0 Å². The summed E-state index contributed by atoms with van der Waals surface area (Å²) in [6, 6.07) is 0. The molecule has 23 heavy (non-hydrogen) atoms. The summed E-state index contributed by atoms with van der Waals surface area (Å²) in [5, 5.41) is 15.0. The minimum Gasteiger partial charge on any atom is -0.511 e. The van der Waals surface area contributed by atoms with E-state index in [-0.39, 0.29) is 17.5 Å². The molecule has 0 aromatic rings. The number of rotatable bonds is 10. The molecule has 0 saturated carbocycles. The van der Waals surface area contributed by atoms with Crippen molar-refractivity contribution in [2.45, 2.75) is 71.5 Å². The maximum atomic E-state index is 12.5. The third-order valence-corrected chi connectivity index (χ3v) is 5.28. The molecular weight excluding hydrogens is 310 g/mol. The van der Waals surface area contributed by atoms with Crippen LogP contribution in [0.3, 0.4) is 0 Å². The maximum Gasteiger partial charge on any atom is 0.168 e. The lowest BCUT2D eigenvalue weighted by molar-refractivity contribution is -0.116. The van der Waals surface area contributed by atoms with Crippen LogP contribution in [0.25, 0.3) is 0 Å². The average molecular weight is 342 g/mol. The highest BCUT2D eigenvalue weighted by Gasteiger charge is 2.31. The summed E-state index contributed by atoms with van der Waals surface area (Å²) in [6.07, 6.45) is 4.74. The quantitative estimate of drug-likeness (QED) is 0.454. The Hall–Kier alpha value is -0.970. The van der Waals surface area contributed by atoms with E-state index in [1.807, 2.05) is 25.6 Å². The topological polar surface area (TPSA) is 58.9 Å². The Morgan fingerprint density at radius 3 is 2.65 bits per heavy atom. The van der Waals surface area contributed by atoms with Crippen LogP contribution in [-0.4, -0.2) is 34.2 Å². The number of hydrogen-bond acceptors (Lipinski definition) is 5. The van der Waals surface area contributed by atoms with Crippen LogP contribution in [0.1, 0.15) is 66.2 Å². The number of ketones is 1. The lowest BCUT2D eigenvalue weighted by Gasteiger charge is -2.26. The molecule has 2 unspecified atom stereocenters. The molecule has 0 aliphatic heterocycles. The molecule has 0 heterocycles. The summed E-state index contributed by atoms with van der Waals surface area (Å²) in [5.74, 6) is 1.60. The lowest BCUT2D eigenvalue weighted by atomic mass is 9.82. The van der Waals surface area contributed by atoms with Crippen LogP contribution >= 0.6 is 11.8 Å². The van der Waals surface area contributed by atoms with Crippen LogP contribution < -0.4 is 0 Å². The van der Waals surface area contributed by atoms with Crippen molar-refractivity contribution in [2.75, 3.05) is 12.4 Å². The molecule has 0 amide bonds. The van der Waals surface area contributed by atoms with Gasteiger partial charge >= 0.3 is 0 Å². The second-order valence-corrected chi connectivity index (χ2v) is 7.69. The second-order valence-electron chi connectivity index (χ2n) is 6.14. The number of Topliss-reactive ketones (excluding diaryl/α,β-unsaturated/α-hetero) is 1. The van der Waals surface area contributed by atoms with Crippen molar-refractivity contribution >= 4 is 23.3 Å². The van der Waals surface area contributed by atoms with Crippen LogP contribution in [0.5, 0.6) is 0 Å². The number of aliphatic hydroxyl groups is 1. The molecule has 1 rings (SSSR count). The summed E-state index contributed by atoms with van der Waals surface area (Å²) >= 11 is 1.95. The van der Waals surface area contributed by atoms with Gasteiger partial charge in [-0.1, -0.05) is 32.3 Å². The fourth-order valence-corrected chi connectivity index (χ4v) is 3.97. The van der Waals surface area contributed by atoms with Gasteiger partial charge in [-0.05, 0) is 37.9 Å². The summed E-state index contributed by atoms with van der Waals surface area (Å²) in [6.45, 7) is 8.74. The number of aliphatic hydroxyl groups excluding tert-OH is 1. The Balaban J connectivity index is 2.79. The number of nitrogens with zero attached hydrogens (tertiary/aromatic N) is 1. The predicted molar refractivity (Wildman–Crippen MR) is 98.2 cm³/mol. The zero-order valence-corrected chi connectivity index (χ0v) is 15.7. The highest BCUT2D eigenvalue weighted by atomic mass is 32.2. The molecule has 0 radical (unpaired) electrons. The molecule has 5 heteroatoms. The van der Waals surface area contributed by atoms with E-state index >= 15 is 0 Å². The van der Waals surface area contributed by atoms with E-state index in [1.54, 1.807) is 0 Å². The molecule has 132 valence electrons. The van der Waals surface area contributed by atoms with Gasteiger partial charge in [0.25, 0.3) is 0 Å². The Morgan fingerprint density at radius 1 is 1.35 bits per heavy atom. The highest BCUT2D eigenvalue weighted by Crippen LogP contribution is 2.33. The van der Waals surface area contributed by atoms with Gasteiger partial charge in [-0.3, -0.25) is 4.79 Å². The van der Waals surface area contributed by atoms with Gasteiger partial charge < -0.3 is 9.94 Å². The van der Waals surface area contributed by atoms with Crippen molar-refractivity contribution in [3.8, 4) is 0 Å². The van der Waals surface area contributed by atoms with E-state index in [0.717, 1.165) is 18.6 Å². The zero-order chi connectivity index (χ0) is 17.2. The van der Waals surface area contributed by atoms with E-state index in [4.69, 9.17) is 4.84 Å². The molecule has 0 aromatic carbocycles. The third kappa shape index (κ3) is 6.58. The summed E-state index contributed by atoms with van der Waals surface area (Å²) in [5.41, 5.74) is 1.01. The summed E-state index contributed by atoms with van der Waals surface area (Å²) in [4.78, 5) is 17.6. The molecule has 0 saturated heterocycles. The van der Waals surface area contributed by atoms with E-state index in [9.17, 15) is 9.90 Å². The molecule has 2 atom stereocenters. The number of carbonyl (C=O) groups is 1. The van der Waals surface area contributed by atoms with Crippen LogP contribution in [-0.2, 0) is 9.63 Å². The van der Waals surface area contributed by atoms with Crippen LogP contribution in [0.4, 0.5) is 0 Å². The molecule has 1 aliphatic carbocycles. The Labute approximate surface area is 144 Å². The minimum absolute atomic E-state index is 0.0124. The van der Waals surface area contributed by atoms with Gasteiger partial charge in [0.1, 0.15) is 12.4 Å². The van der Waals surface area contributed by atoms with Crippen molar-refractivity contribution < 1.29 is 14.7 Å². The SMILES string of the molecule is CCCSC(C)CC1CC(=O)C(C(CCC)=NOCC)=C(O)C1. The molecule has 0 aromatic heterocycles. The number of allylic oxidation sites excluding steroid dienone is 2. The fourth-order valence-electron chi connectivity index (χ4n) is 2.92. The molecule has 4 nitrogen and oxygen atoms in total. The largest absolute Gasteiger partial charge is 0.511 e. The molecule has 0 spiro atoms. The van der Waals surface area contributed by atoms with Gasteiger partial charge in [-0.2, -0.15) is 11.8 Å². The van der Waals surface area contributed by atoms with E-state index in [1.165, 1.54) is 6.42 Å². The first kappa shape index (κ1) is 20.1. The van der Waals surface area contributed by atoms with Gasteiger partial charge in [0.05, 0.1) is 11.3 Å². The Kier molecular flexibility index (Phi) is 9.37. The maximum absolute atomic E-state index is 12.5. The average Bonchev–Trinajstić information content (AvgIpc) is 2.49. The first-order chi connectivity index (χ1) is 11.0. The van der Waals surface area contributed by atoms with E-state index in [2.05, 4.69) is 19.0 Å². The smallest absolute Gasteiger partial charge is 0.168 e. The fraction of sp³-hybridized carbons (Fsp3) is 0.778. The minimum atomic E-state index is 0.0124. The van der Waals surface area contributed by atoms with Crippen LogP contribution in [0, 0.1) is 5.92 Å². The van der Waals surface area contributed by atoms with Crippen molar-refractivity contribution in [1.29, 1.82) is 0 Å². The van der Waals surface area contributed by atoms with Gasteiger partial charge in [0, 0.05) is 18.1 Å². The Bertz CT molecular complexity index is 446. The van der Waals surface area contributed by atoms with Crippen molar-refractivity contribution in [2.24, 2.45) is 11.1 Å². The predicted octanol–water partition coefficient (Wildman–Crippen LogP) is 4.89. The van der Waals surface area contributed by atoms with Crippen LogP contribution in [0.2, 0.25) is 0 Å². The first-order valence-corrected chi connectivity index (χ1v) is 9.84. The Morgan fingerprint density at radius 2 is 2.09 bits per heavy atom. The molecule has 0 fully saturated rings. The van der Waals surface area contributed by atoms with Gasteiger partial charge in [0.2, 0.25) is 0 Å². The molecule has 1 N–H and O–H groups in total. The van der Waals surface area contributed by atoms with Gasteiger partial charge in [-0.15, -0.1) is 0 Å². The monoisotopic (exact) mass is 341 g/mol. The second kappa shape index (κ2) is 10.7. The normalized spacial score (nSPS) is 20.8. The van der Waals surface area contributed by atoms with E-state index < -0.39 is 0 Å². The van der Waals surface area contributed by atoms with Gasteiger partial charge in [0.15, 0.2) is 5.78 Å². The van der Waals surface area contributed by atoms with Crippen molar-refractivity contribution in [3.63, 3.8) is 0 Å². The summed E-state index contributed by atoms with van der Waals surface area (Å²) < 4.78 is 0. The lowest BCUT2D eigenvalue weighted by Crippen LogP contribution is -2.26. The first-order valence-electron chi connectivity index (χ1n) is 8.79. The van der Waals surface area contributed by atoms with Crippen molar-refractivity contribution in [3.05, 3.63) is 11.3 Å². The number of carbonyl (C=O) groups excluding carboxylic acids is 1. The van der Waals surface area contributed by atoms with Crippen molar-refractivity contribution in [1.82, 2.24) is 0 Å². The number of hydrogen-bond donors (Lipinski definition) is 1. The molecule has 0 bridgehead atoms. The number of thioether (sulfide) groups is 1. The highest BCUT2D eigenvalue weighted by molar-refractivity contribution is 7.99. The zero-order valence-electron chi connectivity index (χ0n) is 14.9. The van der Waals surface area contributed by atoms with Crippen LogP contribution in [0.15, 0.2) is 16.5 Å². The molecular formula is C18H31NO3S. The third-order valence-electron chi connectivity index (χ3n) is 3.87. The number of oxime groups is 1. The summed E-state index contributed by atoms with van der Waals surface area (Å²) in [7, 11) is 0. The van der Waals surface area contributed by atoms with E-state index in [0.29, 0.717) is 42.4 Å². The standard InChI is InChI=1S/C18H31NO3S/c1-5-8-15(19-22-7-3)18-16(20)11-14(12-17(18)21)10-13(4)23-9-6-2/h13-14,20H,5-12H2,1-4H3.